The molecule has 1 aliphatic rings. The van der Waals surface area contributed by atoms with Crippen molar-refractivity contribution < 1.29 is 14.6 Å². The number of aryl methyl sites for hydroxylation is 2. The van der Waals surface area contributed by atoms with Crippen LogP contribution in [0.3, 0.4) is 0 Å². The summed E-state index contributed by atoms with van der Waals surface area (Å²) in [5, 5.41) is 8.83. The maximum Gasteiger partial charge on any atom is 0.231 e. The lowest BCUT2D eigenvalue weighted by molar-refractivity contribution is 0.174. The Hall–Kier alpha value is -1.22. The molecule has 0 unspecified atom stereocenters. The Kier molecular flexibility index (Phi) is 3.11. The third-order valence-electron chi connectivity index (χ3n) is 2.68. The van der Waals surface area contributed by atoms with E-state index in [4.69, 9.17) is 14.6 Å². The minimum atomic E-state index is 0.234. The van der Waals surface area contributed by atoms with Crippen LogP contribution in [0.15, 0.2) is 12.1 Å². The summed E-state index contributed by atoms with van der Waals surface area (Å²) in [6.45, 7) is 2.68. The summed E-state index contributed by atoms with van der Waals surface area (Å²) < 4.78 is 10.7. The molecule has 15 heavy (non-hydrogen) atoms. The SMILES string of the molecule is CCc1cc2c(cc1CCCO)OCO2. The van der Waals surface area contributed by atoms with E-state index in [0.717, 1.165) is 30.8 Å². The molecule has 1 heterocycles. The van der Waals surface area contributed by atoms with E-state index in [9.17, 15) is 0 Å². The molecule has 0 spiro atoms. The van der Waals surface area contributed by atoms with Crippen LogP contribution in [0.2, 0.25) is 0 Å². The van der Waals surface area contributed by atoms with Crippen LogP contribution in [-0.4, -0.2) is 18.5 Å². The van der Waals surface area contributed by atoms with E-state index in [1.54, 1.807) is 0 Å². The molecule has 0 radical (unpaired) electrons. The fourth-order valence-electron chi connectivity index (χ4n) is 1.86. The van der Waals surface area contributed by atoms with Crippen LogP contribution >= 0.6 is 0 Å². The van der Waals surface area contributed by atoms with Crippen molar-refractivity contribution >= 4 is 0 Å². The predicted molar refractivity (Wildman–Crippen MR) is 57.3 cm³/mol. The summed E-state index contributed by atoms with van der Waals surface area (Å²) in [7, 11) is 0. The van der Waals surface area contributed by atoms with E-state index in [-0.39, 0.29) is 6.61 Å². The van der Waals surface area contributed by atoms with Crippen molar-refractivity contribution in [2.45, 2.75) is 26.2 Å². The summed E-state index contributed by atoms with van der Waals surface area (Å²) in [6.07, 6.45) is 2.68. The van der Waals surface area contributed by atoms with Crippen LogP contribution in [0.5, 0.6) is 11.5 Å². The van der Waals surface area contributed by atoms with E-state index in [0.29, 0.717) is 6.79 Å². The van der Waals surface area contributed by atoms with Gasteiger partial charge in [0.05, 0.1) is 0 Å². The topological polar surface area (TPSA) is 38.7 Å². The fraction of sp³-hybridized carbons (Fsp3) is 0.500. The van der Waals surface area contributed by atoms with E-state index in [1.807, 2.05) is 6.07 Å². The molecule has 0 saturated carbocycles. The molecule has 0 saturated heterocycles. The maximum atomic E-state index is 8.83. The summed E-state index contributed by atoms with van der Waals surface area (Å²) in [5.41, 5.74) is 2.54. The second-order valence-corrected chi connectivity index (χ2v) is 3.65. The van der Waals surface area contributed by atoms with Gasteiger partial charge in [-0.15, -0.1) is 0 Å². The average Bonchev–Trinajstić information content (AvgIpc) is 2.71. The minimum absolute atomic E-state index is 0.234. The van der Waals surface area contributed by atoms with Crippen molar-refractivity contribution in [1.82, 2.24) is 0 Å². The number of aliphatic hydroxyl groups is 1. The first kappa shape index (κ1) is 10.3. The smallest absolute Gasteiger partial charge is 0.231 e. The van der Waals surface area contributed by atoms with Crippen molar-refractivity contribution in [2.24, 2.45) is 0 Å². The summed E-state index contributed by atoms with van der Waals surface area (Å²) in [6, 6.07) is 4.09. The van der Waals surface area contributed by atoms with Crippen LogP contribution in [0.25, 0.3) is 0 Å². The third-order valence-corrected chi connectivity index (χ3v) is 2.68. The second-order valence-electron chi connectivity index (χ2n) is 3.65. The molecular weight excluding hydrogens is 192 g/mol. The number of aliphatic hydroxyl groups excluding tert-OH is 1. The van der Waals surface area contributed by atoms with E-state index in [1.165, 1.54) is 11.1 Å². The van der Waals surface area contributed by atoms with Crippen LogP contribution in [0, 0.1) is 0 Å². The summed E-state index contributed by atoms with van der Waals surface area (Å²) in [4.78, 5) is 0. The molecule has 1 N–H and O–H groups in total. The van der Waals surface area contributed by atoms with Gasteiger partial charge in [0, 0.05) is 6.61 Å². The average molecular weight is 208 g/mol. The highest BCUT2D eigenvalue weighted by molar-refractivity contribution is 5.48. The van der Waals surface area contributed by atoms with Crippen molar-refractivity contribution in [3.05, 3.63) is 23.3 Å². The van der Waals surface area contributed by atoms with Gasteiger partial charge in [-0.3, -0.25) is 0 Å². The van der Waals surface area contributed by atoms with Gasteiger partial charge >= 0.3 is 0 Å². The van der Waals surface area contributed by atoms with Gasteiger partial charge in [0.2, 0.25) is 6.79 Å². The Morgan fingerprint density at radius 2 is 1.87 bits per heavy atom. The van der Waals surface area contributed by atoms with Gasteiger partial charge in [0.25, 0.3) is 0 Å². The molecule has 0 aliphatic carbocycles. The van der Waals surface area contributed by atoms with Crippen LogP contribution < -0.4 is 9.47 Å². The summed E-state index contributed by atoms with van der Waals surface area (Å²) in [5.74, 6) is 1.68. The van der Waals surface area contributed by atoms with Gasteiger partial charge in [-0.05, 0) is 42.5 Å². The summed E-state index contributed by atoms with van der Waals surface area (Å²) >= 11 is 0. The number of benzene rings is 1. The first-order valence-electron chi connectivity index (χ1n) is 5.37. The zero-order chi connectivity index (χ0) is 10.7. The number of rotatable bonds is 4. The molecule has 1 aliphatic heterocycles. The second kappa shape index (κ2) is 4.53. The van der Waals surface area contributed by atoms with Crippen LogP contribution in [-0.2, 0) is 12.8 Å². The highest BCUT2D eigenvalue weighted by Gasteiger charge is 2.16. The fourth-order valence-corrected chi connectivity index (χ4v) is 1.86. The largest absolute Gasteiger partial charge is 0.454 e. The van der Waals surface area contributed by atoms with Crippen molar-refractivity contribution in [2.75, 3.05) is 13.4 Å². The van der Waals surface area contributed by atoms with E-state index >= 15 is 0 Å². The maximum absolute atomic E-state index is 8.83. The van der Waals surface area contributed by atoms with Gasteiger partial charge in [0.15, 0.2) is 11.5 Å². The Morgan fingerprint density at radius 1 is 1.20 bits per heavy atom. The van der Waals surface area contributed by atoms with E-state index < -0.39 is 0 Å². The van der Waals surface area contributed by atoms with E-state index in [2.05, 4.69) is 13.0 Å². The van der Waals surface area contributed by atoms with Gasteiger partial charge in [-0.2, -0.15) is 0 Å². The van der Waals surface area contributed by atoms with Crippen molar-refractivity contribution in [1.29, 1.82) is 0 Å². The lowest BCUT2D eigenvalue weighted by atomic mass is 10.0. The monoisotopic (exact) mass is 208 g/mol. The van der Waals surface area contributed by atoms with Crippen LogP contribution in [0.1, 0.15) is 24.5 Å². The quantitative estimate of drug-likeness (QED) is 0.821. The Bertz CT molecular complexity index is 347. The lowest BCUT2D eigenvalue weighted by Gasteiger charge is -2.08. The number of hydrogen-bond donors (Lipinski definition) is 1. The number of fused-ring (bicyclic) bond motifs is 1. The minimum Gasteiger partial charge on any atom is -0.454 e. The molecule has 3 heteroatoms. The molecule has 0 amide bonds. The van der Waals surface area contributed by atoms with Gasteiger partial charge in [-0.1, -0.05) is 6.92 Å². The molecule has 2 rings (SSSR count). The molecule has 1 aromatic rings. The first-order valence-corrected chi connectivity index (χ1v) is 5.37. The highest BCUT2D eigenvalue weighted by atomic mass is 16.7. The van der Waals surface area contributed by atoms with Gasteiger partial charge < -0.3 is 14.6 Å². The van der Waals surface area contributed by atoms with Crippen molar-refractivity contribution in [3.63, 3.8) is 0 Å². The van der Waals surface area contributed by atoms with Gasteiger partial charge in [0.1, 0.15) is 0 Å². The molecule has 1 aromatic carbocycles. The zero-order valence-electron chi connectivity index (χ0n) is 8.95. The number of hydrogen-bond acceptors (Lipinski definition) is 3. The lowest BCUT2D eigenvalue weighted by Crippen LogP contribution is -1.95. The Morgan fingerprint density at radius 3 is 2.47 bits per heavy atom. The zero-order valence-corrected chi connectivity index (χ0v) is 8.95. The molecule has 0 bridgehead atoms. The highest BCUT2D eigenvalue weighted by Crippen LogP contribution is 2.35. The molecule has 82 valence electrons. The Labute approximate surface area is 89.6 Å². The number of ether oxygens (including phenoxy) is 2. The molecule has 0 atom stereocenters. The predicted octanol–water partition coefficient (Wildman–Crippen LogP) is 1.90. The third kappa shape index (κ3) is 2.07. The van der Waals surface area contributed by atoms with Crippen molar-refractivity contribution in [3.8, 4) is 11.5 Å². The van der Waals surface area contributed by atoms with Crippen LogP contribution in [0.4, 0.5) is 0 Å². The first-order chi connectivity index (χ1) is 7.35. The standard InChI is InChI=1S/C12H16O3/c1-2-9-6-11-12(15-8-14-11)7-10(9)4-3-5-13/h6-7,13H,2-5,8H2,1H3. The normalized spacial score (nSPS) is 13.2. The molecule has 0 aromatic heterocycles. The molecular formula is C12H16O3. The Balaban J connectivity index is 2.27. The molecule has 0 fully saturated rings. The van der Waals surface area contributed by atoms with Gasteiger partial charge in [-0.25, -0.2) is 0 Å². The molecule has 3 nitrogen and oxygen atoms in total.